The third-order valence-electron chi connectivity index (χ3n) is 3.83. The fourth-order valence-electron chi connectivity index (χ4n) is 2.61. The zero-order chi connectivity index (χ0) is 17.1. The number of nitrogens with zero attached hydrogens (tertiary/aromatic N) is 2. The zero-order valence-corrected chi connectivity index (χ0v) is 17.9. The smallest absolute Gasteiger partial charge is 0.309 e. The highest BCUT2D eigenvalue weighted by Crippen LogP contribution is 2.18. The van der Waals surface area contributed by atoms with E-state index in [0.29, 0.717) is 12.5 Å². The van der Waals surface area contributed by atoms with Crippen LogP contribution in [0, 0.1) is 11.8 Å². The lowest BCUT2D eigenvalue weighted by Crippen LogP contribution is -2.47. The van der Waals surface area contributed by atoms with Crippen LogP contribution in [-0.4, -0.2) is 63.3 Å². The highest BCUT2D eigenvalue weighted by atomic mass is 127. The van der Waals surface area contributed by atoms with Crippen LogP contribution in [0.2, 0.25) is 0 Å². The fourth-order valence-corrected chi connectivity index (χ4v) is 2.61. The number of hydrogen-bond donors (Lipinski definition) is 1. The van der Waals surface area contributed by atoms with Gasteiger partial charge in [0.05, 0.1) is 12.5 Å². The predicted octanol–water partition coefficient (Wildman–Crippen LogP) is 2.52. The van der Waals surface area contributed by atoms with Gasteiger partial charge in [-0.3, -0.25) is 9.79 Å². The van der Waals surface area contributed by atoms with E-state index in [1.807, 2.05) is 6.92 Å². The van der Waals surface area contributed by atoms with Crippen LogP contribution in [0.25, 0.3) is 0 Å². The van der Waals surface area contributed by atoms with Gasteiger partial charge in [-0.05, 0) is 32.1 Å². The molecule has 0 bridgehead atoms. The number of ether oxygens (including phenoxy) is 2. The lowest BCUT2D eigenvalue weighted by molar-refractivity contribution is -0.149. The summed E-state index contributed by atoms with van der Waals surface area (Å²) in [6, 6.07) is 0. The molecule has 1 aliphatic heterocycles. The summed E-state index contributed by atoms with van der Waals surface area (Å²) in [5, 5.41) is 3.38. The minimum absolute atomic E-state index is 0. The summed E-state index contributed by atoms with van der Waals surface area (Å²) < 4.78 is 10.7. The molecule has 0 unspecified atom stereocenters. The van der Waals surface area contributed by atoms with Gasteiger partial charge in [0.2, 0.25) is 0 Å². The van der Waals surface area contributed by atoms with E-state index >= 15 is 0 Å². The van der Waals surface area contributed by atoms with Crippen LogP contribution in [0.15, 0.2) is 4.99 Å². The molecule has 1 fully saturated rings. The van der Waals surface area contributed by atoms with Gasteiger partial charge in [0, 0.05) is 39.9 Å². The van der Waals surface area contributed by atoms with Crippen molar-refractivity contribution in [3.05, 3.63) is 0 Å². The van der Waals surface area contributed by atoms with E-state index in [2.05, 4.69) is 29.1 Å². The van der Waals surface area contributed by atoms with Gasteiger partial charge in [0.25, 0.3) is 0 Å². The van der Waals surface area contributed by atoms with Crippen molar-refractivity contribution in [1.82, 2.24) is 10.2 Å². The van der Waals surface area contributed by atoms with Gasteiger partial charge in [-0.15, -0.1) is 24.0 Å². The molecule has 24 heavy (non-hydrogen) atoms. The topological polar surface area (TPSA) is 63.2 Å². The molecule has 1 saturated heterocycles. The molecule has 0 saturated carbocycles. The van der Waals surface area contributed by atoms with Crippen molar-refractivity contribution in [2.75, 3.05) is 46.5 Å². The molecular formula is C17H34IN3O3. The van der Waals surface area contributed by atoms with Gasteiger partial charge in [0.15, 0.2) is 5.96 Å². The van der Waals surface area contributed by atoms with Crippen LogP contribution in [-0.2, 0) is 14.3 Å². The van der Waals surface area contributed by atoms with Gasteiger partial charge < -0.3 is 19.7 Å². The summed E-state index contributed by atoms with van der Waals surface area (Å²) in [5.74, 6) is 1.47. The maximum atomic E-state index is 11.8. The molecule has 1 rings (SSSR count). The number of piperidine rings is 1. The van der Waals surface area contributed by atoms with Crippen molar-refractivity contribution in [3.63, 3.8) is 0 Å². The second-order valence-corrected chi connectivity index (χ2v) is 6.31. The lowest BCUT2D eigenvalue weighted by Gasteiger charge is -2.33. The number of rotatable bonds is 8. The van der Waals surface area contributed by atoms with Crippen LogP contribution < -0.4 is 5.32 Å². The van der Waals surface area contributed by atoms with Crippen molar-refractivity contribution in [2.24, 2.45) is 16.8 Å². The molecule has 1 N–H and O–H groups in total. The maximum Gasteiger partial charge on any atom is 0.309 e. The summed E-state index contributed by atoms with van der Waals surface area (Å²) in [6.45, 7) is 10.7. The normalized spacial score (nSPS) is 16.0. The Kier molecular flexibility index (Phi) is 13.4. The number of halogens is 1. The Hall–Kier alpha value is -0.570. The molecule has 0 spiro atoms. The molecule has 0 aromatic carbocycles. The molecule has 7 heteroatoms. The number of hydrogen-bond acceptors (Lipinski definition) is 4. The van der Waals surface area contributed by atoms with E-state index in [-0.39, 0.29) is 35.9 Å². The maximum absolute atomic E-state index is 11.8. The number of nitrogens with one attached hydrogen (secondary N) is 1. The predicted molar refractivity (Wildman–Crippen MR) is 108 cm³/mol. The summed E-state index contributed by atoms with van der Waals surface area (Å²) in [6.07, 6.45) is 2.62. The third-order valence-corrected chi connectivity index (χ3v) is 3.83. The van der Waals surface area contributed by atoms with Crippen molar-refractivity contribution >= 4 is 35.9 Å². The van der Waals surface area contributed by atoms with Crippen molar-refractivity contribution in [3.8, 4) is 0 Å². The minimum atomic E-state index is -0.0580. The van der Waals surface area contributed by atoms with E-state index in [1.54, 1.807) is 7.05 Å². The first kappa shape index (κ1) is 23.4. The first-order valence-electron chi connectivity index (χ1n) is 8.78. The number of likely N-dealkylation sites (tertiary alicyclic amines) is 1. The van der Waals surface area contributed by atoms with E-state index in [1.165, 1.54) is 0 Å². The highest BCUT2D eigenvalue weighted by molar-refractivity contribution is 14.0. The molecule has 0 aromatic heterocycles. The Morgan fingerprint density at radius 2 is 2.00 bits per heavy atom. The summed E-state index contributed by atoms with van der Waals surface area (Å²) >= 11 is 0. The Bertz CT molecular complexity index is 370. The van der Waals surface area contributed by atoms with Crippen LogP contribution in [0.4, 0.5) is 0 Å². The van der Waals surface area contributed by atoms with Gasteiger partial charge in [0.1, 0.15) is 0 Å². The van der Waals surface area contributed by atoms with E-state index < -0.39 is 0 Å². The standard InChI is InChI=1S/C17H33N3O3.HI/c1-5-23-16(21)15-7-10-20(11-8-15)17(18-4)19-9-6-12-22-13-14(2)3;/h14-15H,5-13H2,1-4H3,(H,18,19);1H. The second-order valence-electron chi connectivity index (χ2n) is 6.31. The average molecular weight is 455 g/mol. The van der Waals surface area contributed by atoms with Gasteiger partial charge >= 0.3 is 5.97 Å². The van der Waals surface area contributed by atoms with Crippen LogP contribution in [0.5, 0.6) is 0 Å². The second kappa shape index (κ2) is 13.7. The van der Waals surface area contributed by atoms with E-state index in [0.717, 1.165) is 58.1 Å². The van der Waals surface area contributed by atoms with Crippen LogP contribution >= 0.6 is 24.0 Å². The molecule has 0 aromatic rings. The first-order chi connectivity index (χ1) is 11.1. The number of carbonyl (C=O) groups excluding carboxylic acids is 1. The molecule has 0 atom stereocenters. The summed E-state index contributed by atoms with van der Waals surface area (Å²) in [5.41, 5.74) is 0. The number of carbonyl (C=O) groups is 1. The summed E-state index contributed by atoms with van der Waals surface area (Å²) in [7, 11) is 1.80. The van der Waals surface area contributed by atoms with E-state index in [4.69, 9.17) is 9.47 Å². The van der Waals surface area contributed by atoms with Gasteiger partial charge in [-0.2, -0.15) is 0 Å². The van der Waals surface area contributed by atoms with Gasteiger partial charge in [-0.25, -0.2) is 0 Å². The molecule has 0 radical (unpaired) electrons. The van der Waals surface area contributed by atoms with Gasteiger partial charge in [-0.1, -0.05) is 13.8 Å². The van der Waals surface area contributed by atoms with Crippen LogP contribution in [0.1, 0.15) is 40.0 Å². The Morgan fingerprint density at radius 1 is 1.33 bits per heavy atom. The molecule has 0 amide bonds. The molecule has 1 heterocycles. The SMILES string of the molecule is CCOC(=O)C1CCN(C(=NC)NCCCOCC(C)C)CC1.I. The first-order valence-corrected chi connectivity index (χ1v) is 8.78. The van der Waals surface area contributed by atoms with Crippen LogP contribution in [0.3, 0.4) is 0 Å². The average Bonchev–Trinajstić information content (AvgIpc) is 2.54. The highest BCUT2D eigenvalue weighted by Gasteiger charge is 2.27. The minimum Gasteiger partial charge on any atom is -0.466 e. The molecule has 0 aliphatic carbocycles. The molecule has 6 nitrogen and oxygen atoms in total. The molecule has 142 valence electrons. The Labute approximate surface area is 163 Å². The fraction of sp³-hybridized carbons (Fsp3) is 0.882. The van der Waals surface area contributed by atoms with Crippen molar-refractivity contribution < 1.29 is 14.3 Å². The Balaban J connectivity index is 0.00000529. The van der Waals surface area contributed by atoms with Crippen molar-refractivity contribution in [1.29, 1.82) is 0 Å². The zero-order valence-electron chi connectivity index (χ0n) is 15.5. The quantitative estimate of drug-likeness (QED) is 0.200. The Morgan fingerprint density at radius 3 is 2.54 bits per heavy atom. The van der Waals surface area contributed by atoms with E-state index in [9.17, 15) is 4.79 Å². The molecule has 1 aliphatic rings. The summed E-state index contributed by atoms with van der Waals surface area (Å²) in [4.78, 5) is 18.3. The third kappa shape index (κ3) is 9.05. The largest absolute Gasteiger partial charge is 0.466 e. The lowest BCUT2D eigenvalue weighted by atomic mass is 9.97. The van der Waals surface area contributed by atoms with Crippen molar-refractivity contribution in [2.45, 2.75) is 40.0 Å². The number of guanidine groups is 1. The molecular weight excluding hydrogens is 421 g/mol. The number of esters is 1. The monoisotopic (exact) mass is 455 g/mol. The number of aliphatic imine (C=N–C) groups is 1.